The number of phosphoric acid groups is 3. The minimum Gasteiger partial charge on any atom is -0.393 e. The first-order chi connectivity index (χ1) is 30.4. The van der Waals surface area contributed by atoms with Gasteiger partial charge in [0.15, 0.2) is 22.8 Å². The Morgan fingerprint density at radius 3 is 2.23 bits per heavy atom. The Labute approximate surface area is 380 Å². The number of aliphatic hydroxyl groups excluding tert-OH is 3. The van der Waals surface area contributed by atoms with Crippen LogP contribution in [0, 0.1) is 5.41 Å². The first-order valence-corrected chi connectivity index (χ1v) is 26.7. The van der Waals surface area contributed by atoms with E-state index in [0.29, 0.717) is 25.0 Å². The highest BCUT2D eigenvalue weighted by atomic mass is 32.2. The third-order valence-electron chi connectivity index (χ3n) is 10.1. The molecule has 0 radical (unpaired) electrons. The minimum absolute atomic E-state index is 0.0287. The number of carbonyl (C=O) groups excluding carboxylic acids is 3. The van der Waals surface area contributed by atoms with Crippen LogP contribution in [-0.4, -0.2) is 134 Å². The molecule has 0 bridgehead atoms. The standard InChI is InChI=1S/C36H64N7O18P3S/c1-4-5-6-7-8-9-10-11-13-24(44)14-12-15-27(46)65-19-18-38-26(45)16-17-39-34(49)31(48)36(2,3)21-58-64(55,56)61-63(53,54)57-20-25-30(60-62(50,51)52)29(47)35(59-25)43-23-42-28-32(37)40-22-41-33(28)43/h22-25,29-31,35,44,47-48H,4-21H2,1-3H3,(H,38,45)(H,39,49)(H,53,54)(H,55,56)(H2,37,40,41)(H2,50,51,52). The number of aliphatic hydroxyl groups is 3. The van der Waals surface area contributed by atoms with E-state index in [1.54, 1.807) is 0 Å². The molecule has 1 aliphatic rings. The van der Waals surface area contributed by atoms with Crippen LogP contribution in [0.1, 0.15) is 110 Å². The van der Waals surface area contributed by atoms with Crippen LogP contribution in [0.25, 0.3) is 11.2 Å². The lowest BCUT2D eigenvalue weighted by atomic mass is 9.87. The first kappa shape index (κ1) is 56.8. The van der Waals surface area contributed by atoms with Gasteiger partial charge in [-0.25, -0.2) is 28.6 Å². The summed E-state index contributed by atoms with van der Waals surface area (Å²) in [7, 11) is -16.4. The summed E-state index contributed by atoms with van der Waals surface area (Å²) in [5.41, 5.74) is 4.26. The number of nitrogens with one attached hydrogen (secondary N) is 2. The van der Waals surface area contributed by atoms with E-state index in [4.69, 9.17) is 19.5 Å². The summed E-state index contributed by atoms with van der Waals surface area (Å²) in [5.74, 6) is -1.14. The van der Waals surface area contributed by atoms with Crippen LogP contribution in [0.5, 0.6) is 0 Å². The Bertz CT molecular complexity index is 1980. The van der Waals surface area contributed by atoms with Crippen molar-refractivity contribution in [2.75, 3.05) is 37.8 Å². The molecule has 29 heteroatoms. The SMILES string of the molecule is CCCCCCCCCCC(O)CCCC(=O)SCCNC(=O)CCNC(=O)C(O)C(C)(C)COP(=O)(O)OP(=O)(O)OCC1OC(n2cnc3c(N)ncnc32)C(O)C1OP(=O)(O)O. The molecule has 0 spiro atoms. The van der Waals surface area contributed by atoms with Crippen LogP contribution < -0.4 is 16.4 Å². The number of phosphoric ester groups is 3. The van der Waals surface area contributed by atoms with Crippen molar-refractivity contribution in [3.05, 3.63) is 12.7 Å². The van der Waals surface area contributed by atoms with E-state index in [0.717, 1.165) is 48.2 Å². The summed E-state index contributed by atoms with van der Waals surface area (Å²) in [6.45, 7) is 2.65. The van der Waals surface area contributed by atoms with E-state index in [2.05, 4.69) is 41.3 Å². The van der Waals surface area contributed by atoms with Crippen LogP contribution in [0.4, 0.5) is 5.82 Å². The van der Waals surface area contributed by atoms with Crippen molar-refractivity contribution >= 4 is 69.1 Å². The maximum Gasteiger partial charge on any atom is 0.481 e. The quantitative estimate of drug-likeness (QED) is 0.0372. The lowest BCUT2D eigenvalue weighted by Gasteiger charge is -2.30. The normalized spacial score (nSPS) is 20.8. The van der Waals surface area contributed by atoms with Gasteiger partial charge in [-0.15, -0.1) is 0 Å². The molecule has 2 aromatic rings. The third kappa shape index (κ3) is 20.3. The Hall–Kier alpha value is -2.48. The van der Waals surface area contributed by atoms with Gasteiger partial charge in [-0.05, 0) is 19.3 Å². The van der Waals surface area contributed by atoms with Crippen molar-refractivity contribution < 1.29 is 85.6 Å². The van der Waals surface area contributed by atoms with Gasteiger partial charge in [0, 0.05) is 37.1 Å². The maximum atomic E-state index is 12.7. The second kappa shape index (κ2) is 26.9. The highest BCUT2D eigenvalue weighted by Crippen LogP contribution is 2.61. The number of hydrogen-bond acceptors (Lipinski definition) is 19. The van der Waals surface area contributed by atoms with Crippen LogP contribution in [0.3, 0.4) is 0 Å². The fourth-order valence-electron chi connectivity index (χ4n) is 6.51. The van der Waals surface area contributed by atoms with Gasteiger partial charge in [-0.3, -0.25) is 32.5 Å². The third-order valence-corrected chi connectivity index (χ3v) is 14.1. The largest absolute Gasteiger partial charge is 0.481 e. The number of imidazole rings is 1. The molecule has 11 N–H and O–H groups in total. The molecule has 8 unspecified atom stereocenters. The van der Waals surface area contributed by atoms with Gasteiger partial charge in [0.1, 0.15) is 36.3 Å². The van der Waals surface area contributed by atoms with Gasteiger partial charge in [0.2, 0.25) is 11.8 Å². The summed E-state index contributed by atoms with van der Waals surface area (Å²) in [4.78, 5) is 88.2. The molecule has 1 aliphatic heterocycles. The van der Waals surface area contributed by atoms with Crippen molar-refractivity contribution in [3.63, 3.8) is 0 Å². The summed E-state index contributed by atoms with van der Waals surface area (Å²) in [6, 6.07) is 0. The lowest BCUT2D eigenvalue weighted by molar-refractivity contribution is -0.137. The summed E-state index contributed by atoms with van der Waals surface area (Å²) in [6.07, 6.45) is 4.33. The molecule has 372 valence electrons. The zero-order valence-electron chi connectivity index (χ0n) is 36.6. The fourth-order valence-corrected chi connectivity index (χ4v) is 10.1. The second-order valence-corrected chi connectivity index (χ2v) is 21.5. The monoisotopic (exact) mass is 1010 g/mol. The topological polar surface area (TPSA) is 384 Å². The maximum absolute atomic E-state index is 12.7. The Kier molecular flexibility index (Phi) is 23.5. The number of thioether (sulfide) groups is 1. The smallest absolute Gasteiger partial charge is 0.393 e. The molecule has 25 nitrogen and oxygen atoms in total. The summed E-state index contributed by atoms with van der Waals surface area (Å²) < 4.78 is 62.3. The summed E-state index contributed by atoms with van der Waals surface area (Å²) >= 11 is 1.07. The van der Waals surface area contributed by atoms with Gasteiger partial charge in [-0.2, -0.15) is 4.31 Å². The fraction of sp³-hybridized carbons (Fsp3) is 0.778. The number of unbranched alkanes of at least 4 members (excludes halogenated alkanes) is 7. The van der Waals surface area contributed by atoms with Gasteiger partial charge in [0.25, 0.3) is 0 Å². The van der Waals surface area contributed by atoms with Crippen molar-refractivity contribution in [1.82, 2.24) is 30.2 Å². The molecule has 65 heavy (non-hydrogen) atoms. The number of nitrogens with two attached hydrogens (primary N) is 1. The lowest BCUT2D eigenvalue weighted by Crippen LogP contribution is -2.46. The number of hydrogen-bond donors (Lipinski definition) is 10. The van der Waals surface area contributed by atoms with Crippen molar-refractivity contribution in [3.8, 4) is 0 Å². The number of nitrogens with zero attached hydrogens (tertiary/aromatic N) is 4. The second-order valence-electron chi connectivity index (χ2n) is 16.1. The van der Waals surface area contributed by atoms with E-state index in [1.807, 2.05) is 0 Å². The van der Waals surface area contributed by atoms with E-state index in [1.165, 1.54) is 52.4 Å². The van der Waals surface area contributed by atoms with Crippen LogP contribution >= 0.6 is 35.2 Å². The van der Waals surface area contributed by atoms with Gasteiger partial charge >= 0.3 is 23.5 Å². The Morgan fingerprint density at radius 1 is 0.908 bits per heavy atom. The molecule has 0 saturated carbocycles. The molecule has 0 aromatic carbocycles. The number of ether oxygens (including phenoxy) is 1. The molecule has 1 saturated heterocycles. The zero-order valence-corrected chi connectivity index (χ0v) is 40.1. The zero-order chi connectivity index (χ0) is 48.4. The molecule has 0 aliphatic carbocycles. The van der Waals surface area contributed by atoms with Crippen LogP contribution in [0.2, 0.25) is 0 Å². The highest BCUT2D eigenvalue weighted by Gasteiger charge is 2.50. The first-order valence-electron chi connectivity index (χ1n) is 21.2. The van der Waals surface area contributed by atoms with Gasteiger partial charge in [-0.1, -0.05) is 83.9 Å². The number of amides is 2. The number of fused-ring (bicyclic) bond motifs is 1. The minimum atomic E-state index is -5.58. The van der Waals surface area contributed by atoms with Crippen LogP contribution in [0.15, 0.2) is 12.7 Å². The van der Waals surface area contributed by atoms with Gasteiger partial charge in [0.05, 0.1) is 25.6 Å². The van der Waals surface area contributed by atoms with Crippen molar-refractivity contribution in [2.45, 2.75) is 141 Å². The Morgan fingerprint density at radius 2 is 1.55 bits per heavy atom. The number of aromatic nitrogens is 4. The predicted octanol–water partition coefficient (Wildman–Crippen LogP) is 2.73. The molecule has 2 amide bonds. The highest BCUT2D eigenvalue weighted by molar-refractivity contribution is 8.13. The van der Waals surface area contributed by atoms with E-state index >= 15 is 0 Å². The van der Waals surface area contributed by atoms with Crippen molar-refractivity contribution in [1.29, 1.82) is 0 Å². The molecular weight excluding hydrogens is 943 g/mol. The van der Waals surface area contributed by atoms with E-state index in [-0.39, 0.29) is 41.6 Å². The molecule has 3 heterocycles. The molecule has 1 fully saturated rings. The average molecular weight is 1010 g/mol. The molecule has 8 atom stereocenters. The number of anilines is 1. The Balaban J connectivity index is 1.34. The molecule has 3 rings (SSSR count). The number of carbonyl (C=O) groups is 3. The van der Waals surface area contributed by atoms with Gasteiger partial charge < -0.3 is 56.0 Å². The predicted molar refractivity (Wildman–Crippen MR) is 234 cm³/mol. The summed E-state index contributed by atoms with van der Waals surface area (Å²) in [5, 5.41) is 36.7. The molecular formula is C36H64N7O18P3S. The molecule has 2 aromatic heterocycles. The van der Waals surface area contributed by atoms with Crippen LogP contribution in [-0.2, 0) is 50.7 Å². The van der Waals surface area contributed by atoms with E-state index < -0.39 is 90.7 Å². The van der Waals surface area contributed by atoms with E-state index in [9.17, 15) is 63.0 Å². The number of rotatable bonds is 32. The number of nitrogen functional groups attached to an aromatic ring is 1. The average Bonchev–Trinajstić information content (AvgIpc) is 3.78. The van der Waals surface area contributed by atoms with Crippen molar-refractivity contribution in [2.24, 2.45) is 5.41 Å².